The van der Waals surface area contributed by atoms with Crippen molar-refractivity contribution in [2.75, 3.05) is 38.0 Å². The number of amides is 1. The van der Waals surface area contributed by atoms with Crippen LogP contribution in [0.15, 0.2) is 24.3 Å². The summed E-state index contributed by atoms with van der Waals surface area (Å²) in [7, 11) is 0. The molecule has 1 aromatic carbocycles. The van der Waals surface area contributed by atoms with Crippen LogP contribution >= 0.6 is 0 Å². The third-order valence-electron chi connectivity index (χ3n) is 4.95. The first-order chi connectivity index (χ1) is 10.7. The number of benzene rings is 1. The molecule has 0 atom stereocenters. The van der Waals surface area contributed by atoms with E-state index in [9.17, 15) is 4.79 Å². The minimum Gasteiger partial charge on any atom is -0.325 e. The van der Waals surface area contributed by atoms with E-state index in [0.29, 0.717) is 6.54 Å². The second-order valence-corrected chi connectivity index (χ2v) is 6.66. The summed E-state index contributed by atoms with van der Waals surface area (Å²) in [5, 5.41) is 2.99. The van der Waals surface area contributed by atoms with Crippen molar-refractivity contribution in [2.24, 2.45) is 0 Å². The Morgan fingerprint density at radius 1 is 1.09 bits per heavy atom. The monoisotopic (exact) mass is 301 g/mol. The van der Waals surface area contributed by atoms with Crippen molar-refractivity contribution in [3.63, 3.8) is 0 Å². The minimum absolute atomic E-state index is 0.0955. The van der Waals surface area contributed by atoms with Crippen LogP contribution < -0.4 is 5.32 Å². The van der Waals surface area contributed by atoms with Gasteiger partial charge in [-0.3, -0.25) is 14.6 Å². The van der Waals surface area contributed by atoms with Gasteiger partial charge in [-0.15, -0.1) is 0 Å². The normalized spacial score (nSPS) is 21.1. The molecule has 1 saturated heterocycles. The molecule has 120 valence electrons. The standard InChI is InChI=1S/C18H27N3O/c1-15-6-8-16(9-7-15)19-18(22)14-20-10-12-21(13-11-20)17-4-2-3-5-17/h6-9,17H,2-5,10-14H2,1H3,(H,19,22). The number of hydrogen-bond acceptors (Lipinski definition) is 3. The lowest BCUT2D eigenvalue weighted by atomic mass is 10.2. The highest BCUT2D eigenvalue weighted by atomic mass is 16.2. The predicted molar refractivity (Wildman–Crippen MR) is 90.1 cm³/mol. The molecule has 4 nitrogen and oxygen atoms in total. The Morgan fingerprint density at radius 3 is 2.36 bits per heavy atom. The summed E-state index contributed by atoms with van der Waals surface area (Å²) in [5.41, 5.74) is 2.10. The van der Waals surface area contributed by atoms with Gasteiger partial charge in [0.15, 0.2) is 0 Å². The number of carbonyl (C=O) groups is 1. The molecule has 0 bridgehead atoms. The Labute approximate surface area is 133 Å². The zero-order chi connectivity index (χ0) is 15.4. The van der Waals surface area contributed by atoms with Crippen LogP contribution in [-0.4, -0.2) is 54.5 Å². The van der Waals surface area contributed by atoms with Gasteiger partial charge in [0.2, 0.25) is 5.91 Å². The lowest BCUT2D eigenvalue weighted by Gasteiger charge is -2.37. The average molecular weight is 301 g/mol. The van der Waals surface area contributed by atoms with Crippen LogP contribution in [0.4, 0.5) is 5.69 Å². The van der Waals surface area contributed by atoms with E-state index >= 15 is 0 Å². The summed E-state index contributed by atoms with van der Waals surface area (Å²) >= 11 is 0. The van der Waals surface area contributed by atoms with E-state index < -0.39 is 0 Å². The Hall–Kier alpha value is -1.39. The maximum absolute atomic E-state index is 12.1. The zero-order valence-corrected chi connectivity index (χ0v) is 13.6. The molecule has 1 heterocycles. The Bertz CT molecular complexity index is 486. The van der Waals surface area contributed by atoms with Gasteiger partial charge in [0.25, 0.3) is 0 Å². The first kappa shape index (κ1) is 15.5. The van der Waals surface area contributed by atoms with Gasteiger partial charge in [0.1, 0.15) is 0 Å². The molecule has 2 aliphatic rings. The van der Waals surface area contributed by atoms with Gasteiger partial charge in [0, 0.05) is 37.9 Å². The average Bonchev–Trinajstić information content (AvgIpc) is 3.05. The van der Waals surface area contributed by atoms with Gasteiger partial charge in [-0.05, 0) is 31.9 Å². The molecule has 1 aliphatic heterocycles. The fraction of sp³-hybridized carbons (Fsp3) is 0.611. The quantitative estimate of drug-likeness (QED) is 0.928. The van der Waals surface area contributed by atoms with Crippen LogP contribution in [0.1, 0.15) is 31.2 Å². The summed E-state index contributed by atoms with van der Waals surface area (Å²) in [4.78, 5) is 17.0. The van der Waals surface area contributed by atoms with Crippen LogP contribution in [0, 0.1) is 6.92 Å². The lowest BCUT2D eigenvalue weighted by Crippen LogP contribution is -2.51. The zero-order valence-electron chi connectivity index (χ0n) is 13.6. The Morgan fingerprint density at radius 2 is 1.73 bits per heavy atom. The molecule has 0 aromatic heterocycles. The van der Waals surface area contributed by atoms with E-state index in [2.05, 4.69) is 22.0 Å². The molecular formula is C18H27N3O. The number of rotatable bonds is 4. The van der Waals surface area contributed by atoms with Crippen LogP contribution in [-0.2, 0) is 4.79 Å². The summed E-state index contributed by atoms with van der Waals surface area (Å²) in [6.07, 6.45) is 5.52. The molecule has 4 heteroatoms. The van der Waals surface area contributed by atoms with Crippen LogP contribution in [0.5, 0.6) is 0 Å². The lowest BCUT2D eigenvalue weighted by molar-refractivity contribution is -0.117. The van der Waals surface area contributed by atoms with Gasteiger partial charge in [-0.25, -0.2) is 0 Å². The first-order valence-electron chi connectivity index (χ1n) is 8.53. The topological polar surface area (TPSA) is 35.6 Å². The smallest absolute Gasteiger partial charge is 0.238 e. The molecule has 0 radical (unpaired) electrons. The number of nitrogens with one attached hydrogen (secondary N) is 1. The summed E-state index contributed by atoms with van der Waals surface area (Å²) in [6.45, 7) is 6.81. The molecule has 1 saturated carbocycles. The predicted octanol–water partition coefficient (Wildman–Crippen LogP) is 2.49. The maximum atomic E-state index is 12.1. The van der Waals surface area contributed by atoms with Crippen molar-refractivity contribution < 1.29 is 4.79 Å². The number of aryl methyl sites for hydroxylation is 1. The van der Waals surface area contributed by atoms with E-state index in [1.807, 2.05) is 24.3 Å². The highest BCUT2D eigenvalue weighted by molar-refractivity contribution is 5.92. The largest absolute Gasteiger partial charge is 0.325 e. The SMILES string of the molecule is Cc1ccc(NC(=O)CN2CCN(C3CCCC3)CC2)cc1. The number of nitrogens with zero attached hydrogens (tertiary/aromatic N) is 2. The van der Waals surface area contributed by atoms with Gasteiger partial charge >= 0.3 is 0 Å². The molecule has 0 spiro atoms. The van der Waals surface area contributed by atoms with Crippen molar-refractivity contribution in [1.82, 2.24) is 9.80 Å². The fourth-order valence-electron chi connectivity index (χ4n) is 3.60. The van der Waals surface area contributed by atoms with E-state index in [1.165, 1.54) is 31.2 Å². The number of hydrogen-bond donors (Lipinski definition) is 1. The second kappa shape index (κ2) is 7.25. The summed E-state index contributed by atoms with van der Waals surface area (Å²) < 4.78 is 0. The third-order valence-corrected chi connectivity index (χ3v) is 4.95. The summed E-state index contributed by atoms with van der Waals surface area (Å²) in [5.74, 6) is 0.0955. The summed E-state index contributed by atoms with van der Waals surface area (Å²) in [6, 6.07) is 8.78. The van der Waals surface area contributed by atoms with Crippen molar-refractivity contribution in [1.29, 1.82) is 0 Å². The van der Waals surface area contributed by atoms with Gasteiger partial charge in [-0.2, -0.15) is 0 Å². The molecule has 1 aliphatic carbocycles. The van der Waals surface area contributed by atoms with Gasteiger partial charge < -0.3 is 5.32 Å². The first-order valence-corrected chi connectivity index (χ1v) is 8.53. The van der Waals surface area contributed by atoms with Gasteiger partial charge in [0.05, 0.1) is 6.54 Å². The maximum Gasteiger partial charge on any atom is 0.238 e. The fourth-order valence-corrected chi connectivity index (χ4v) is 3.60. The van der Waals surface area contributed by atoms with Crippen molar-refractivity contribution in [3.8, 4) is 0 Å². The molecule has 1 N–H and O–H groups in total. The van der Waals surface area contributed by atoms with Crippen molar-refractivity contribution in [3.05, 3.63) is 29.8 Å². The third kappa shape index (κ3) is 4.08. The molecule has 0 unspecified atom stereocenters. The van der Waals surface area contributed by atoms with Crippen molar-refractivity contribution >= 4 is 11.6 Å². The van der Waals surface area contributed by atoms with Gasteiger partial charge in [-0.1, -0.05) is 30.5 Å². The minimum atomic E-state index is 0.0955. The van der Waals surface area contributed by atoms with E-state index in [-0.39, 0.29) is 5.91 Å². The number of piperazine rings is 1. The highest BCUT2D eigenvalue weighted by Crippen LogP contribution is 2.24. The van der Waals surface area contributed by atoms with Crippen molar-refractivity contribution in [2.45, 2.75) is 38.6 Å². The van der Waals surface area contributed by atoms with E-state index in [1.54, 1.807) is 0 Å². The molecule has 3 rings (SSSR count). The Balaban J connectivity index is 1.42. The molecule has 1 aromatic rings. The van der Waals surface area contributed by atoms with E-state index in [4.69, 9.17) is 0 Å². The number of carbonyl (C=O) groups excluding carboxylic acids is 1. The Kier molecular flexibility index (Phi) is 5.11. The van der Waals surface area contributed by atoms with Crippen LogP contribution in [0.3, 0.4) is 0 Å². The molecule has 2 fully saturated rings. The molecule has 22 heavy (non-hydrogen) atoms. The van der Waals surface area contributed by atoms with E-state index in [0.717, 1.165) is 37.9 Å². The highest BCUT2D eigenvalue weighted by Gasteiger charge is 2.26. The molecular weight excluding hydrogens is 274 g/mol. The molecule has 1 amide bonds. The van der Waals surface area contributed by atoms with Crippen LogP contribution in [0.2, 0.25) is 0 Å². The number of anilines is 1. The van der Waals surface area contributed by atoms with Crippen LogP contribution in [0.25, 0.3) is 0 Å². The second-order valence-electron chi connectivity index (χ2n) is 6.66.